The number of benzene rings is 2. The quantitative estimate of drug-likeness (QED) is 0.453. The Morgan fingerprint density at radius 3 is 2.66 bits per heavy atom. The molecule has 2 heterocycles. The number of ether oxygens (including phenoxy) is 2. The first-order valence-electron chi connectivity index (χ1n) is 9.64. The molecule has 0 aliphatic carbocycles. The van der Waals surface area contributed by atoms with E-state index in [1.54, 1.807) is 55.4 Å². The molecule has 0 fully saturated rings. The SMILES string of the molecule is COc1ccc(OC)c(CNC(=O)c2nc(-c3cn(-c4ccc(Cl)cc4)nc3C)no2)c1. The molecule has 1 amide bonds. The molecule has 4 aromatic rings. The largest absolute Gasteiger partial charge is 0.497 e. The Kier molecular flexibility index (Phi) is 6.09. The lowest BCUT2D eigenvalue weighted by Gasteiger charge is -2.10. The first-order valence-corrected chi connectivity index (χ1v) is 10.0. The van der Waals surface area contributed by atoms with E-state index in [1.165, 1.54) is 0 Å². The molecule has 2 aromatic heterocycles. The summed E-state index contributed by atoms with van der Waals surface area (Å²) in [7, 11) is 3.13. The molecule has 0 aliphatic heterocycles. The molecule has 0 spiro atoms. The molecule has 0 unspecified atom stereocenters. The fourth-order valence-electron chi connectivity index (χ4n) is 3.10. The van der Waals surface area contributed by atoms with Gasteiger partial charge in [-0.2, -0.15) is 10.1 Å². The Bertz CT molecular complexity index is 1250. The van der Waals surface area contributed by atoms with E-state index < -0.39 is 5.91 Å². The van der Waals surface area contributed by atoms with Gasteiger partial charge in [0, 0.05) is 23.3 Å². The number of nitrogens with zero attached hydrogens (tertiary/aromatic N) is 4. The second kappa shape index (κ2) is 9.11. The molecule has 0 radical (unpaired) electrons. The van der Waals surface area contributed by atoms with Crippen molar-refractivity contribution >= 4 is 17.5 Å². The number of hydrogen-bond donors (Lipinski definition) is 1. The number of amides is 1. The third kappa shape index (κ3) is 4.42. The zero-order chi connectivity index (χ0) is 22.7. The Hall–Kier alpha value is -3.85. The molecule has 32 heavy (non-hydrogen) atoms. The van der Waals surface area contributed by atoms with Crippen LogP contribution in [0, 0.1) is 6.92 Å². The molecule has 0 aliphatic rings. The first kappa shape index (κ1) is 21.4. The molecule has 164 valence electrons. The summed E-state index contributed by atoms with van der Waals surface area (Å²) in [5.74, 6) is 0.898. The molecule has 10 heteroatoms. The predicted molar refractivity (Wildman–Crippen MR) is 117 cm³/mol. The highest BCUT2D eigenvalue weighted by Crippen LogP contribution is 2.24. The van der Waals surface area contributed by atoms with E-state index in [1.807, 2.05) is 19.1 Å². The second-order valence-corrected chi connectivity index (χ2v) is 7.27. The van der Waals surface area contributed by atoms with Gasteiger partial charge in [-0.1, -0.05) is 16.8 Å². The monoisotopic (exact) mass is 453 g/mol. The third-order valence-corrected chi connectivity index (χ3v) is 5.03. The van der Waals surface area contributed by atoms with Crippen LogP contribution in [-0.2, 0) is 6.54 Å². The van der Waals surface area contributed by atoms with Crippen molar-refractivity contribution in [1.29, 1.82) is 0 Å². The number of nitrogens with one attached hydrogen (secondary N) is 1. The molecule has 0 saturated heterocycles. The molecule has 0 saturated carbocycles. The number of methoxy groups -OCH3 is 2. The van der Waals surface area contributed by atoms with Crippen LogP contribution in [0.15, 0.2) is 53.2 Å². The summed E-state index contributed by atoms with van der Waals surface area (Å²) < 4.78 is 17.4. The predicted octanol–water partition coefficient (Wildman–Crippen LogP) is 3.83. The Labute approximate surface area is 188 Å². The smallest absolute Gasteiger partial charge is 0.316 e. The van der Waals surface area contributed by atoms with Crippen LogP contribution in [0.2, 0.25) is 5.02 Å². The van der Waals surface area contributed by atoms with Gasteiger partial charge in [-0.15, -0.1) is 0 Å². The van der Waals surface area contributed by atoms with Gasteiger partial charge in [0.2, 0.25) is 5.82 Å². The van der Waals surface area contributed by atoms with E-state index in [-0.39, 0.29) is 18.3 Å². The van der Waals surface area contributed by atoms with E-state index in [9.17, 15) is 4.79 Å². The topological polar surface area (TPSA) is 104 Å². The molecular weight excluding hydrogens is 434 g/mol. The van der Waals surface area contributed by atoms with Crippen LogP contribution in [-0.4, -0.2) is 40.0 Å². The maximum atomic E-state index is 12.5. The van der Waals surface area contributed by atoms with Gasteiger partial charge in [-0.3, -0.25) is 4.79 Å². The molecular formula is C22H20ClN5O4. The van der Waals surface area contributed by atoms with Gasteiger partial charge in [0.15, 0.2) is 0 Å². The maximum Gasteiger partial charge on any atom is 0.316 e. The zero-order valence-electron chi connectivity index (χ0n) is 17.6. The maximum absolute atomic E-state index is 12.5. The van der Waals surface area contributed by atoms with Crippen molar-refractivity contribution in [2.24, 2.45) is 0 Å². The van der Waals surface area contributed by atoms with Crippen molar-refractivity contribution in [2.75, 3.05) is 14.2 Å². The molecule has 1 N–H and O–H groups in total. The van der Waals surface area contributed by atoms with Gasteiger partial charge in [-0.25, -0.2) is 4.68 Å². The second-order valence-electron chi connectivity index (χ2n) is 6.83. The first-order chi connectivity index (χ1) is 15.5. The van der Waals surface area contributed by atoms with Crippen molar-refractivity contribution < 1.29 is 18.8 Å². The summed E-state index contributed by atoms with van der Waals surface area (Å²) in [5.41, 5.74) is 2.92. The average Bonchev–Trinajstić information content (AvgIpc) is 3.44. The molecule has 9 nitrogen and oxygen atoms in total. The highest BCUT2D eigenvalue weighted by molar-refractivity contribution is 6.30. The number of rotatable bonds is 7. The lowest BCUT2D eigenvalue weighted by atomic mass is 10.2. The van der Waals surface area contributed by atoms with E-state index in [0.717, 1.165) is 11.3 Å². The van der Waals surface area contributed by atoms with Crippen molar-refractivity contribution in [3.63, 3.8) is 0 Å². The van der Waals surface area contributed by atoms with Gasteiger partial charge in [0.25, 0.3) is 0 Å². The highest BCUT2D eigenvalue weighted by atomic mass is 35.5. The van der Waals surface area contributed by atoms with Crippen LogP contribution >= 0.6 is 11.6 Å². The van der Waals surface area contributed by atoms with Crippen LogP contribution in [0.1, 0.15) is 21.9 Å². The number of aromatic nitrogens is 4. The standard InChI is InChI=1S/C22H20ClN5O4/c1-13-18(12-28(26-13)16-6-4-15(23)5-7-16)20-25-22(32-27-20)21(29)24-11-14-10-17(30-2)8-9-19(14)31-3/h4-10,12H,11H2,1-3H3,(H,24,29). The summed E-state index contributed by atoms with van der Waals surface area (Å²) >= 11 is 5.95. The highest BCUT2D eigenvalue weighted by Gasteiger charge is 2.19. The van der Waals surface area contributed by atoms with Crippen molar-refractivity contribution in [1.82, 2.24) is 25.2 Å². The van der Waals surface area contributed by atoms with Crippen LogP contribution in [0.5, 0.6) is 11.5 Å². The number of carbonyl (C=O) groups is 1. The lowest BCUT2D eigenvalue weighted by Crippen LogP contribution is -2.23. The summed E-state index contributed by atoms with van der Waals surface area (Å²) in [6.07, 6.45) is 1.77. The number of carbonyl (C=O) groups excluding carboxylic acids is 1. The average molecular weight is 454 g/mol. The normalized spacial score (nSPS) is 10.8. The van der Waals surface area contributed by atoms with Crippen LogP contribution < -0.4 is 14.8 Å². The Balaban J connectivity index is 1.49. The van der Waals surface area contributed by atoms with Gasteiger partial charge in [-0.05, 0) is 49.4 Å². The summed E-state index contributed by atoms with van der Waals surface area (Å²) in [5, 5.41) is 11.8. The minimum Gasteiger partial charge on any atom is -0.497 e. The number of aryl methyl sites for hydroxylation is 1. The van der Waals surface area contributed by atoms with Crippen LogP contribution in [0.25, 0.3) is 17.1 Å². The summed E-state index contributed by atoms with van der Waals surface area (Å²) in [6.45, 7) is 2.03. The number of halogens is 1. The third-order valence-electron chi connectivity index (χ3n) is 4.78. The van der Waals surface area contributed by atoms with Gasteiger partial charge < -0.3 is 19.3 Å². The minimum atomic E-state index is -0.503. The summed E-state index contributed by atoms with van der Waals surface area (Å²) in [4.78, 5) is 16.8. The Morgan fingerprint density at radius 1 is 1.16 bits per heavy atom. The lowest BCUT2D eigenvalue weighted by molar-refractivity contribution is 0.0906. The molecule has 4 rings (SSSR count). The molecule has 0 atom stereocenters. The van der Waals surface area contributed by atoms with E-state index >= 15 is 0 Å². The van der Waals surface area contributed by atoms with Gasteiger partial charge in [0.1, 0.15) is 11.5 Å². The van der Waals surface area contributed by atoms with Crippen molar-refractivity contribution in [3.8, 4) is 28.6 Å². The fraction of sp³-hybridized carbons (Fsp3) is 0.182. The van der Waals surface area contributed by atoms with E-state index in [4.69, 9.17) is 25.6 Å². The number of hydrogen-bond acceptors (Lipinski definition) is 7. The molecule has 2 aromatic carbocycles. The van der Waals surface area contributed by atoms with Gasteiger partial charge >= 0.3 is 11.8 Å². The molecule has 0 bridgehead atoms. The van der Waals surface area contributed by atoms with Crippen LogP contribution in [0.4, 0.5) is 0 Å². The van der Waals surface area contributed by atoms with Crippen molar-refractivity contribution in [2.45, 2.75) is 13.5 Å². The van der Waals surface area contributed by atoms with E-state index in [0.29, 0.717) is 27.8 Å². The minimum absolute atomic E-state index is 0.152. The van der Waals surface area contributed by atoms with Crippen LogP contribution in [0.3, 0.4) is 0 Å². The summed E-state index contributed by atoms with van der Waals surface area (Å²) in [6, 6.07) is 12.6. The van der Waals surface area contributed by atoms with Gasteiger partial charge in [0.05, 0.1) is 31.2 Å². The van der Waals surface area contributed by atoms with Crippen molar-refractivity contribution in [3.05, 3.63) is 70.8 Å². The van der Waals surface area contributed by atoms with E-state index in [2.05, 4.69) is 20.6 Å². The fourth-order valence-corrected chi connectivity index (χ4v) is 3.23. The Morgan fingerprint density at radius 2 is 1.94 bits per heavy atom. The zero-order valence-corrected chi connectivity index (χ0v) is 18.4.